The molecule has 0 spiro atoms. The topological polar surface area (TPSA) is 30.2 Å². The highest BCUT2D eigenvalue weighted by molar-refractivity contribution is 6.13. The molecule has 2 aliphatic rings. The number of benzene rings is 7. The predicted octanol–water partition coefficient (Wildman–Crippen LogP) is 11.5. The van der Waals surface area contributed by atoms with Crippen molar-refractivity contribution in [2.45, 2.75) is 24.7 Å². The lowest BCUT2D eigenvalue weighted by Crippen LogP contribution is -2.30. The van der Waals surface area contributed by atoms with Crippen molar-refractivity contribution in [2.24, 2.45) is 0 Å². The van der Waals surface area contributed by atoms with Gasteiger partial charge in [-0.2, -0.15) is 0 Å². The van der Waals surface area contributed by atoms with Gasteiger partial charge in [-0.05, 0) is 86.0 Å². The van der Waals surface area contributed by atoms with Crippen LogP contribution in [0.1, 0.15) is 63.1 Å². The molecular weight excluding hydrogens is 597 g/mol. The van der Waals surface area contributed by atoms with Crippen molar-refractivity contribution < 1.29 is 9.21 Å². The third-order valence-corrected chi connectivity index (χ3v) is 11.2. The Labute approximate surface area is 285 Å². The van der Waals surface area contributed by atoms with E-state index in [1.54, 1.807) is 0 Å². The van der Waals surface area contributed by atoms with Crippen molar-refractivity contribution in [1.29, 1.82) is 0 Å². The van der Waals surface area contributed by atoms with Crippen LogP contribution < -0.4 is 0 Å². The average Bonchev–Trinajstić information content (AvgIpc) is 3.66. The fraction of sp³-hybridized carbons (Fsp3) is 0.0851. The molecule has 0 fully saturated rings. The van der Waals surface area contributed by atoms with Gasteiger partial charge in [0.25, 0.3) is 0 Å². The highest BCUT2D eigenvalue weighted by Gasteiger charge is 2.47. The van der Waals surface area contributed by atoms with Gasteiger partial charge in [-0.15, -0.1) is 0 Å². The normalized spacial score (nSPS) is 15.1. The summed E-state index contributed by atoms with van der Waals surface area (Å²) in [7, 11) is 0. The number of fused-ring (bicyclic) bond motifs is 8. The number of hydrogen-bond acceptors (Lipinski definition) is 2. The second-order valence-corrected chi connectivity index (χ2v) is 14.0. The SMILES string of the molecule is CC1(C)c2ccccc2C(=O)c2ccc(-c3ccc4c(c3)-c3cc5oc6ccccc6c5cc3C4(c3ccccc3)c3ccccc3)cc21. The standard InChI is InChI=1S/C47H32O2/c1-46(2)39-19-11-9-18-34(39)45(48)35-23-21-30(26-41(35)46)29-22-24-40-36(25-29)37-28-44-38(33-17-10-12-20-43(33)49-44)27-42(37)47(40,31-13-5-3-6-14-31)32-15-7-4-8-16-32/h3-28H,1-2H3. The van der Waals surface area contributed by atoms with Crippen LogP contribution in [0.25, 0.3) is 44.2 Å². The van der Waals surface area contributed by atoms with Crippen LogP contribution >= 0.6 is 0 Å². The van der Waals surface area contributed by atoms with Crippen LogP contribution in [0.4, 0.5) is 0 Å². The molecule has 0 N–H and O–H groups in total. The molecule has 0 amide bonds. The van der Waals surface area contributed by atoms with Gasteiger partial charge in [0.2, 0.25) is 0 Å². The summed E-state index contributed by atoms with van der Waals surface area (Å²) in [5.41, 5.74) is 14.3. The van der Waals surface area contributed by atoms with E-state index in [9.17, 15) is 4.79 Å². The molecule has 0 saturated heterocycles. The molecule has 8 aromatic rings. The Balaban J connectivity index is 1.25. The first-order chi connectivity index (χ1) is 24.0. The zero-order valence-corrected chi connectivity index (χ0v) is 27.3. The summed E-state index contributed by atoms with van der Waals surface area (Å²) < 4.78 is 6.48. The summed E-state index contributed by atoms with van der Waals surface area (Å²) in [5, 5.41) is 2.25. The minimum Gasteiger partial charge on any atom is -0.456 e. The highest BCUT2D eigenvalue weighted by atomic mass is 16.3. The molecule has 0 bridgehead atoms. The Bertz CT molecular complexity index is 2600. The lowest BCUT2D eigenvalue weighted by Gasteiger charge is -2.34. The quantitative estimate of drug-likeness (QED) is 0.195. The molecule has 2 heteroatoms. The predicted molar refractivity (Wildman–Crippen MR) is 198 cm³/mol. The first-order valence-corrected chi connectivity index (χ1v) is 17.0. The van der Waals surface area contributed by atoms with Gasteiger partial charge >= 0.3 is 0 Å². The second kappa shape index (κ2) is 10.0. The monoisotopic (exact) mass is 628 g/mol. The Kier molecular flexibility index (Phi) is 5.73. The summed E-state index contributed by atoms with van der Waals surface area (Å²) in [6.45, 7) is 4.46. The third-order valence-electron chi connectivity index (χ3n) is 11.2. The summed E-state index contributed by atoms with van der Waals surface area (Å²) in [4.78, 5) is 13.6. The van der Waals surface area contributed by atoms with Crippen molar-refractivity contribution in [1.82, 2.24) is 0 Å². The van der Waals surface area contributed by atoms with Crippen LogP contribution in [0.2, 0.25) is 0 Å². The number of hydrogen-bond donors (Lipinski definition) is 0. The lowest BCUT2D eigenvalue weighted by atomic mass is 9.67. The summed E-state index contributed by atoms with van der Waals surface area (Å²) in [5.74, 6) is 0.102. The van der Waals surface area contributed by atoms with E-state index in [1.807, 2.05) is 30.3 Å². The summed E-state index contributed by atoms with van der Waals surface area (Å²) in [6.07, 6.45) is 0. The van der Waals surface area contributed by atoms with Gasteiger partial charge in [-0.3, -0.25) is 4.79 Å². The summed E-state index contributed by atoms with van der Waals surface area (Å²) >= 11 is 0. The maximum absolute atomic E-state index is 13.6. The van der Waals surface area contributed by atoms with E-state index < -0.39 is 5.41 Å². The maximum Gasteiger partial charge on any atom is 0.193 e. The van der Waals surface area contributed by atoms with E-state index >= 15 is 0 Å². The molecule has 10 rings (SSSR count). The van der Waals surface area contributed by atoms with E-state index in [2.05, 4.69) is 141 Å². The number of ketones is 1. The van der Waals surface area contributed by atoms with E-state index in [1.165, 1.54) is 33.4 Å². The van der Waals surface area contributed by atoms with Crippen molar-refractivity contribution in [3.8, 4) is 22.3 Å². The minimum atomic E-state index is -0.522. The van der Waals surface area contributed by atoms with Gasteiger partial charge in [-0.1, -0.05) is 141 Å². The molecule has 0 saturated carbocycles. The number of para-hydroxylation sites is 1. The fourth-order valence-electron chi connectivity index (χ4n) is 8.84. The van der Waals surface area contributed by atoms with E-state index in [-0.39, 0.29) is 11.2 Å². The molecule has 0 radical (unpaired) electrons. The van der Waals surface area contributed by atoms with Gasteiger partial charge in [-0.25, -0.2) is 0 Å². The van der Waals surface area contributed by atoms with E-state index in [0.29, 0.717) is 0 Å². The first kappa shape index (κ1) is 28.1. The van der Waals surface area contributed by atoms with Crippen LogP contribution in [-0.2, 0) is 10.8 Å². The van der Waals surface area contributed by atoms with Crippen molar-refractivity contribution >= 4 is 27.7 Å². The molecule has 49 heavy (non-hydrogen) atoms. The molecule has 2 nitrogen and oxygen atoms in total. The molecule has 0 aliphatic heterocycles. The van der Waals surface area contributed by atoms with E-state index in [4.69, 9.17) is 4.42 Å². The molecule has 7 aromatic carbocycles. The molecule has 1 heterocycles. The molecule has 232 valence electrons. The largest absolute Gasteiger partial charge is 0.456 e. The summed E-state index contributed by atoms with van der Waals surface area (Å²) in [6, 6.07) is 56.1. The van der Waals surface area contributed by atoms with Gasteiger partial charge in [0.05, 0.1) is 5.41 Å². The Morgan fingerprint density at radius 1 is 0.429 bits per heavy atom. The van der Waals surface area contributed by atoms with Gasteiger partial charge in [0.1, 0.15) is 11.2 Å². The zero-order chi connectivity index (χ0) is 32.9. The highest BCUT2D eigenvalue weighted by Crippen LogP contribution is 2.58. The fourth-order valence-corrected chi connectivity index (χ4v) is 8.84. The third kappa shape index (κ3) is 3.74. The van der Waals surface area contributed by atoms with Crippen molar-refractivity contribution in [3.05, 3.63) is 202 Å². The Morgan fingerprint density at radius 3 is 1.82 bits per heavy atom. The molecule has 1 aromatic heterocycles. The molecular formula is C47H32O2. The average molecular weight is 629 g/mol. The molecule has 0 atom stereocenters. The minimum absolute atomic E-state index is 0.102. The number of furan rings is 1. The van der Waals surface area contributed by atoms with Crippen LogP contribution in [0.15, 0.2) is 162 Å². The van der Waals surface area contributed by atoms with Gasteiger partial charge < -0.3 is 4.42 Å². The second-order valence-electron chi connectivity index (χ2n) is 14.0. The smallest absolute Gasteiger partial charge is 0.193 e. The van der Waals surface area contributed by atoms with Crippen LogP contribution in [0.3, 0.4) is 0 Å². The number of carbonyl (C=O) groups excluding carboxylic acids is 1. The van der Waals surface area contributed by atoms with Crippen LogP contribution in [0, 0.1) is 0 Å². The first-order valence-electron chi connectivity index (χ1n) is 17.0. The zero-order valence-electron chi connectivity index (χ0n) is 27.3. The number of rotatable bonds is 3. The number of carbonyl (C=O) groups is 1. The van der Waals surface area contributed by atoms with Gasteiger partial charge in [0.15, 0.2) is 5.78 Å². The Morgan fingerprint density at radius 2 is 1.04 bits per heavy atom. The van der Waals surface area contributed by atoms with Crippen LogP contribution in [-0.4, -0.2) is 5.78 Å². The van der Waals surface area contributed by atoms with Crippen molar-refractivity contribution in [2.75, 3.05) is 0 Å². The van der Waals surface area contributed by atoms with Crippen LogP contribution in [0.5, 0.6) is 0 Å². The molecule has 2 aliphatic carbocycles. The van der Waals surface area contributed by atoms with Gasteiger partial charge in [0, 0.05) is 27.3 Å². The lowest BCUT2D eigenvalue weighted by molar-refractivity contribution is 0.103. The molecule has 0 unspecified atom stereocenters. The van der Waals surface area contributed by atoms with E-state index in [0.717, 1.165) is 55.3 Å². The maximum atomic E-state index is 13.6. The Hall–Kier alpha value is -5.99. The van der Waals surface area contributed by atoms with Crippen molar-refractivity contribution in [3.63, 3.8) is 0 Å².